The van der Waals surface area contributed by atoms with Crippen LogP contribution in [-0.4, -0.2) is 12.1 Å². The van der Waals surface area contributed by atoms with Crippen LogP contribution in [0.15, 0.2) is 0 Å². The molecule has 0 heterocycles. The van der Waals surface area contributed by atoms with Crippen LogP contribution in [0.1, 0.15) is 48.0 Å². The van der Waals surface area contributed by atoms with Crippen molar-refractivity contribution in [2.45, 2.75) is 54.1 Å². The summed E-state index contributed by atoms with van der Waals surface area (Å²) in [4.78, 5) is 11.4. The fourth-order valence-corrected chi connectivity index (χ4v) is 1.35. The highest BCUT2D eigenvalue weighted by Crippen LogP contribution is 2.24. The molecule has 0 aromatic heterocycles. The molecule has 0 fully saturated rings. The second kappa shape index (κ2) is 4.64. The molecule has 0 saturated heterocycles. The van der Waals surface area contributed by atoms with Crippen LogP contribution in [0.5, 0.6) is 0 Å². The number of esters is 1. The first-order valence-electron chi connectivity index (χ1n) is 4.93. The fourth-order valence-electron chi connectivity index (χ4n) is 1.35. The Morgan fingerprint density at radius 3 is 2.00 bits per heavy atom. The van der Waals surface area contributed by atoms with Gasteiger partial charge in [-0.1, -0.05) is 27.7 Å². The number of rotatable bonds is 3. The highest BCUT2D eigenvalue weighted by molar-refractivity contribution is 5.72. The summed E-state index contributed by atoms with van der Waals surface area (Å²) in [7, 11) is 0. The molecule has 0 unspecified atom stereocenters. The molecule has 1 atom stereocenters. The minimum Gasteiger partial charge on any atom is -0.463 e. The van der Waals surface area contributed by atoms with Crippen molar-refractivity contribution < 1.29 is 9.53 Å². The molecule has 0 aromatic rings. The zero-order valence-electron chi connectivity index (χ0n) is 9.68. The molecule has 2 heteroatoms. The molecular weight excluding hydrogens is 164 g/mol. The van der Waals surface area contributed by atoms with E-state index in [1.807, 2.05) is 20.8 Å². The quantitative estimate of drug-likeness (QED) is 0.633. The average Bonchev–Trinajstić information content (AvgIpc) is 1.81. The van der Waals surface area contributed by atoms with Gasteiger partial charge in [-0.3, -0.25) is 4.79 Å². The normalized spacial score (nSPS) is 14.4. The summed E-state index contributed by atoms with van der Waals surface area (Å²) in [6.45, 7) is 12.1. The molecule has 0 aromatic carbocycles. The van der Waals surface area contributed by atoms with Crippen molar-refractivity contribution in [3.8, 4) is 0 Å². The summed E-state index contributed by atoms with van der Waals surface area (Å²) in [5.41, 5.74) is 0.190. The van der Waals surface area contributed by atoms with Gasteiger partial charge in [0.1, 0.15) is 0 Å². The van der Waals surface area contributed by atoms with Crippen LogP contribution in [0.2, 0.25) is 0 Å². The molecule has 0 amide bonds. The lowest BCUT2D eigenvalue weighted by molar-refractivity contribution is -0.152. The summed E-state index contributed by atoms with van der Waals surface area (Å²) in [5.74, 6) is -0.0766. The summed E-state index contributed by atoms with van der Waals surface area (Å²) < 4.78 is 5.12. The van der Waals surface area contributed by atoms with Gasteiger partial charge >= 0.3 is 5.97 Å². The molecule has 0 radical (unpaired) electrons. The van der Waals surface area contributed by atoms with E-state index in [1.54, 1.807) is 0 Å². The molecule has 0 rings (SSSR count). The first kappa shape index (κ1) is 12.5. The second-order valence-corrected chi connectivity index (χ2v) is 5.15. The van der Waals surface area contributed by atoms with Gasteiger partial charge < -0.3 is 4.74 Å². The summed E-state index contributed by atoms with van der Waals surface area (Å²) >= 11 is 0. The van der Waals surface area contributed by atoms with Crippen LogP contribution in [0.4, 0.5) is 0 Å². The molecular formula is C11H22O2. The van der Waals surface area contributed by atoms with Crippen molar-refractivity contribution in [1.82, 2.24) is 0 Å². The SMILES string of the molecule is CC(C)OC(=O)[C@H](C)CC(C)(C)C. The number of carbonyl (C=O) groups excluding carboxylic acids is 1. The lowest BCUT2D eigenvalue weighted by Crippen LogP contribution is -2.23. The first-order chi connectivity index (χ1) is 5.72. The second-order valence-electron chi connectivity index (χ2n) is 5.15. The van der Waals surface area contributed by atoms with Crippen molar-refractivity contribution in [2.75, 3.05) is 0 Å². The Labute approximate surface area is 81.7 Å². The van der Waals surface area contributed by atoms with Gasteiger partial charge in [0, 0.05) is 0 Å². The predicted octanol–water partition coefficient (Wildman–Crippen LogP) is 3.01. The maximum atomic E-state index is 11.4. The Hall–Kier alpha value is -0.530. The summed E-state index contributed by atoms with van der Waals surface area (Å²) in [5, 5.41) is 0. The molecule has 0 aliphatic heterocycles. The zero-order valence-corrected chi connectivity index (χ0v) is 9.68. The van der Waals surface area contributed by atoms with E-state index < -0.39 is 0 Å². The summed E-state index contributed by atoms with van der Waals surface area (Å²) in [6, 6.07) is 0. The van der Waals surface area contributed by atoms with Crippen molar-refractivity contribution in [3.05, 3.63) is 0 Å². The molecule has 0 bridgehead atoms. The Kier molecular flexibility index (Phi) is 4.45. The van der Waals surface area contributed by atoms with Gasteiger partial charge in [-0.15, -0.1) is 0 Å². The van der Waals surface area contributed by atoms with Crippen molar-refractivity contribution in [2.24, 2.45) is 11.3 Å². The number of ether oxygens (including phenoxy) is 1. The van der Waals surface area contributed by atoms with E-state index in [0.29, 0.717) is 0 Å². The van der Waals surface area contributed by atoms with E-state index >= 15 is 0 Å². The third kappa shape index (κ3) is 6.62. The van der Waals surface area contributed by atoms with Crippen molar-refractivity contribution >= 4 is 5.97 Å². The van der Waals surface area contributed by atoms with E-state index in [1.165, 1.54) is 0 Å². The van der Waals surface area contributed by atoms with Gasteiger partial charge in [0.15, 0.2) is 0 Å². The maximum absolute atomic E-state index is 11.4. The van der Waals surface area contributed by atoms with Crippen LogP contribution in [0.25, 0.3) is 0 Å². The van der Waals surface area contributed by atoms with Gasteiger partial charge in [0.05, 0.1) is 12.0 Å². The predicted molar refractivity (Wildman–Crippen MR) is 54.5 cm³/mol. The topological polar surface area (TPSA) is 26.3 Å². The summed E-state index contributed by atoms with van der Waals surface area (Å²) in [6.07, 6.45) is 0.869. The standard InChI is InChI=1S/C11H22O2/c1-8(2)13-10(12)9(3)7-11(4,5)6/h8-9H,7H2,1-6H3/t9-/m1/s1. The van der Waals surface area contributed by atoms with Crippen LogP contribution < -0.4 is 0 Å². The zero-order chi connectivity index (χ0) is 10.6. The Morgan fingerprint density at radius 1 is 1.23 bits per heavy atom. The van der Waals surface area contributed by atoms with Crippen LogP contribution in [0, 0.1) is 11.3 Å². The van der Waals surface area contributed by atoms with E-state index in [-0.39, 0.29) is 23.4 Å². The fraction of sp³-hybridized carbons (Fsp3) is 0.909. The third-order valence-electron chi connectivity index (χ3n) is 1.67. The van der Waals surface area contributed by atoms with Gasteiger partial charge in [-0.25, -0.2) is 0 Å². The molecule has 0 N–H and O–H groups in total. The monoisotopic (exact) mass is 186 g/mol. The van der Waals surface area contributed by atoms with Crippen molar-refractivity contribution in [3.63, 3.8) is 0 Å². The van der Waals surface area contributed by atoms with E-state index in [2.05, 4.69) is 20.8 Å². The number of hydrogen-bond donors (Lipinski definition) is 0. The molecule has 13 heavy (non-hydrogen) atoms. The van der Waals surface area contributed by atoms with Gasteiger partial charge in [-0.05, 0) is 25.7 Å². The average molecular weight is 186 g/mol. The minimum atomic E-state index is -0.0788. The number of carbonyl (C=O) groups is 1. The van der Waals surface area contributed by atoms with E-state index in [9.17, 15) is 4.79 Å². The molecule has 0 aliphatic carbocycles. The largest absolute Gasteiger partial charge is 0.463 e. The van der Waals surface area contributed by atoms with Gasteiger partial charge in [0.25, 0.3) is 0 Å². The molecule has 0 saturated carbocycles. The van der Waals surface area contributed by atoms with E-state index in [4.69, 9.17) is 4.74 Å². The van der Waals surface area contributed by atoms with Crippen LogP contribution >= 0.6 is 0 Å². The molecule has 0 spiro atoms. The van der Waals surface area contributed by atoms with Gasteiger partial charge in [0.2, 0.25) is 0 Å². The Balaban J connectivity index is 3.97. The molecule has 78 valence electrons. The Bertz CT molecular complexity index is 165. The van der Waals surface area contributed by atoms with Crippen LogP contribution in [0.3, 0.4) is 0 Å². The Morgan fingerprint density at radius 2 is 1.69 bits per heavy atom. The highest BCUT2D eigenvalue weighted by atomic mass is 16.5. The lowest BCUT2D eigenvalue weighted by atomic mass is 9.85. The molecule has 2 nitrogen and oxygen atoms in total. The van der Waals surface area contributed by atoms with Crippen molar-refractivity contribution in [1.29, 1.82) is 0 Å². The van der Waals surface area contributed by atoms with Crippen LogP contribution in [-0.2, 0) is 9.53 Å². The smallest absolute Gasteiger partial charge is 0.308 e. The maximum Gasteiger partial charge on any atom is 0.308 e. The lowest BCUT2D eigenvalue weighted by Gasteiger charge is -2.22. The highest BCUT2D eigenvalue weighted by Gasteiger charge is 2.22. The van der Waals surface area contributed by atoms with Gasteiger partial charge in [-0.2, -0.15) is 0 Å². The van der Waals surface area contributed by atoms with E-state index in [0.717, 1.165) is 6.42 Å². The third-order valence-corrected chi connectivity index (χ3v) is 1.67. The number of hydrogen-bond acceptors (Lipinski definition) is 2. The molecule has 0 aliphatic rings. The first-order valence-corrected chi connectivity index (χ1v) is 4.93. The minimum absolute atomic E-state index is 0.00222.